The van der Waals surface area contributed by atoms with Crippen molar-refractivity contribution in [2.45, 2.75) is 13.8 Å². The molecule has 5 aromatic rings. The van der Waals surface area contributed by atoms with Gasteiger partial charge in [0.2, 0.25) is 5.91 Å². The minimum atomic E-state index is -0.0951. The summed E-state index contributed by atoms with van der Waals surface area (Å²) >= 11 is 0. The molecule has 3 N–H and O–H groups in total. The van der Waals surface area contributed by atoms with Crippen LogP contribution in [0, 0.1) is 5.92 Å². The largest absolute Gasteiger partial charge is 0.337 e. The molecule has 1 amide bonds. The Labute approximate surface area is 172 Å². The number of hydrogen-bond acceptors (Lipinski definition) is 4. The Bertz CT molecular complexity index is 1350. The average Bonchev–Trinajstić information content (AvgIpc) is 3.37. The molecular weight excluding hydrogens is 376 g/mol. The minimum Gasteiger partial charge on any atom is -0.337 e. The highest BCUT2D eigenvalue weighted by Crippen LogP contribution is 2.30. The van der Waals surface area contributed by atoms with Crippen molar-refractivity contribution in [1.82, 2.24) is 25.1 Å². The Kier molecular flexibility index (Phi) is 4.28. The molecule has 0 aliphatic carbocycles. The van der Waals surface area contributed by atoms with Crippen LogP contribution in [0.25, 0.3) is 44.6 Å². The normalized spacial score (nSPS) is 11.4. The first-order valence-corrected chi connectivity index (χ1v) is 9.78. The van der Waals surface area contributed by atoms with Crippen LogP contribution in [-0.2, 0) is 4.79 Å². The van der Waals surface area contributed by atoms with E-state index in [0.717, 1.165) is 44.6 Å². The van der Waals surface area contributed by atoms with E-state index in [9.17, 15) is 4.79 Å². The van der Waals surface area contributed by atoms with Gasteiger partial charge in [-0.2, -0.15) is 5.10 Å². The van der Waals surface area contributed by atoms with E-state index < -0.39 is 0 Å². The second kappa shape index (κ2) is 7.11. The van der Waals surface area contributed by atoms with Gasteiger partial charge in [-0.05, 0) is 35.9 Å². The molecule has 0 saturated carbocycles. The number of rotatable bonds is 4. The topological polar surface area (TPSA) is 99.3 Å². The van der Waals surface area contributed by atoms with Gasteiger partial charge in [0.15, 0.2) is 5.82 Å². The molecule has 0 bridgehead atoms. The van der Waals surface area contributed by atoms with Crippen LogP contribution >= 0.6 is 0 Å². The molecule has 30 heavy (non-hydrogen) atoms. The first-order valence-electron chi connectivity index (χ1n) is 9.78. The van der Waals surface area contributed by atoms with E-state index in [1.54, 1.807) is 12.4 Å². The van der Waals surface area contributed by atoms with E-state index in [4.69, 9.17) is 0 Å². The summed E-state index contributed by atoms with van der Waals surface area (Å²) in [5.74, 6) is 0.587. The molecule has 0 aliphatic heterocycles. The number of benzene rings is 2. The highest BCUT2D eigenvalue weighted by atomic mass is 16.1. The Balaban J connectivity index is 1.55. The number of nitrogens with zero attached hydrogens (tertiary/aromatic N) is 3. The maximum Gasteiger partial charge on any atom is 0.226 e. The van der Waals surface area contributed by atoms with Gasteiger partial charge in [0.25, 0.3) is 0 Å². The van der Waals surface area contributed by atoms with Gasteiger partial charge in [0.05, 0.1) is 28.4 Å². The summed E-state index contributed by atoms with van der Waals surface area (Å²) < 4.78 is 0. The van der Waals surface area contributed by atoms with Gasteiger partial charge in [0, 0.05) is 23.1 Å². The number of aromatic nitrogens is 5. The molecule has 7 heteroatoms. The van der Waals surface area contributed by atoms with Crippen LogP contribution in [0.3, 0.4) is 0 Å². The highest BCUT2D eigenvalue weighted by molar-refractivity contribution is 5.96. The summed E-state index contributed by atoms with van der Waals surface area (Å²) in [6, 6.07) is 15.9. The molecule has 2 aromatic carbocycles. The van der Waals surface area contributed by atoms with Crippen LogP contribution in [0.4, 0.5) is 5.69 Å². The fourth-order valence-electron chi connectivity index (χ4n) is 3.39. The maximum atomic E-state index is 12.0. The number of aromatic amines is 2. The van der Waals surface area contributed by atoms with Gasteiger partial charge in [-0.15, -0.1) is 0 Å². The molecule has 0 atom stereocenters. The summed E-state index contributed by atoms with van der Waals surface area (Å²) in [5.41, 5.74) is 6.13. The Morgan fingerprint density at radius 3 is 2.70 bits per heavy atom. The Morgan fingerprint density at radius 1 is 1.00 bits per heavy atom. The summed E-state index contributed by atoms with van der Waals surface area (Å²) in [5, 5.41) is 11.4. The maximum absolute atomic E-state index is 12.0. The summed E-state index contributed by atoms with van der Waals surface area (Å²) in [6.07, 6.45) is 3.44. The first kappa shape index (κ1) is 18.1. The molecule has 148 valence electrons. The fraction of sp³-hybridized carbons (Fsp3) is 0.130. The molecule has 7 nitrogen and oxygen atoms in total. The van der Waals surface area contributed by atoms with Crippen LogP contribution in [0.5, 0.6) is 0 Å². The number of hydrogen-bond donors (Lipinski definition) is 3. The predicted molar refractivity (Wildman–Crippen MR) is 118 cm³/mol. The second-order valence-electron chi connectivity index (χ2n) is 7.54. The van der Waals surface area contributed by atoms with Gasteiger partial charge in [0.1, 0.15) is 5.69 Å². The molecule has 5 rings (SSSR count). The third-order valence-electron chi connectivity index (χ3n) is 5.04. The van der Waals surface area contributed by atoms with E-state index in [1.807, 2.05) is 56.3 Å². The molecule has 0 unspecified atom stereocenters. The SMILES string of the molecule is CC(C)C(=O)Nc1cncc(-c2ccc3[nH]nc(-c4nc5ccccc5[nH]4)c3c2)c1. The summed E-state index contributed by atoms with van der Waals surface area (Å²) in [7, 11) is 0. The molecule has 0 aliphatic rings. The Hall–Kier alpha value is -4.00. The lowest BCUT2D eigenvalue weighted by molar-refractivity contribution is -0.118. The molecule has 3 aromatic heterocycles. The number of anilines is 1. The second-order valence-corrected chi connectivity index (χ2v) is 7.54. The van der Waals surface area contributed by atoms with Crippen LogP contribution in [0.2, 0.25) is 0 Å². The lowest BCUT2D eigenvalue weighted by Crippen LogP contribution is -2.17. The van der Waals surface area contributed by atoms with Crippen molar-refractivity contribution in [3.8, 4) is 22.6 Å². The molecule has 0 saturated heterocycles. The lowest BCUT2D eigenvalue weighted by Gasteiger charge is -2.09. The van der Waals surface area contributed by atoms with Crippen LogP contribution in [-0.4, -0.2) is 31.1 Å². The van der Waals surface area contributed by atoms with E-state index >= 15 is 0 Å². The zero-order chi connectivity index (χ0) is 20.7. The number of nitrogens with one attached hydrogen (secondary N) is 3. The lowest BCUT2D eigenvalue weighted by atomic mass is 10.0. The van der Waals surface area contributed by atoms with Crippen molar-refractivity contribution < 1.29 is 4.79 Å². The minimum absolute atomic E-state index is 0.0357. The number of amides is 1. The van der Waals surface area contributed by atoms with Crippen LogP contribution in [0.15, 0.2) is 60.9 Å². The van der Waals surface area contributed by atoms with Gasteiger partial charge < -0.3 is 10.3 Å². The van der Waals surface area contributed by atoms with E-state index in [0.29, 0.717) is 5.69 Å². The van der Waals surface area contributed by atoms with Gasteiger partial charge in [-0.25, -0.2) is 4.98 Å². The molecule has 3 heterocycles. The zero-order valence-electron chi connectivity index (χ0n) is 16.6. The van der Waals surface area contributed by atoms with Crippen molar-refractivity contribution in [3.05, 3.63) is 60.9 Å². The van der Waals surface area contributed by atoms with Crippen LogP contribution < -0.4 is 5.32 Å². The number of para-hydroxylation sites is 2. The third-order valence-corrected chi connectivity index (χ3v) is 5.04. The number of H-pyrrole nitrogens is 2. The van der Waals surface area contributed by atoms with Crippen molar-refractivity contribution in [1.29, 1.82) is 0 Å². The molecular formula is C23H20N6O. The number of imidazole rings is 1. The first-order chi connectivity index (χ1) is 14.6. The number of fused-ring (bicyclic) bond motifs is 2. The number of pyridine rings is 1. The van der Waals surface area contributed by atoms with Gasteiger partial charge in [-0.1, -0.05) is 32.0 Å². The number of carbonyl (C=O) groups excluding carboxylic acids is 1. The third kappa shape index (κ3) is 3.20. The molecule has 0 spiro atoms. The summed E-state index contributed by atoms with van der Waals surface area (Å²) in [6.45, 7) is 3.72. The van der Waals surface area contributed by atoms with Crippen molar-refractivity contribution >= 4 is 33.5 Å². The van der Waals surface area contributed by atoms with Crippen molar-refractivity contribution in [2.75, 3.05) is 5.32 Å². The van der Waals surface area contributed by atoms with E-state index in [-0.39, 0.29) is 11.8 Å². The smallest absolute Gasteiger partial charge is 0.226 e. The fourth-order valence-corrected chi connectivity index (χ4v) is 3.39. The standard InChI is InChI=1S/C23H20N6O/c1-13(2)23(30)25-16-9-15(11-24-12-16)14-7-8-18-17(10-14)21(29-28-18)22-26-19-5-3-4-6-20(19)27-22/h3-13H,1-2H3,(H,25,30)(H,26,27)(H,28,29). The van der Waals surface area contributed by atoms with Crippen molar-refractivity contribution in [3.63, 3.8) is 0 Å². The Morgan fingerprint density at radius 2 is 1.87 bits per heavy atom. The molecule has 0 fully saturated rings. The predicted octanol–water partition coefficient (Wildman–Crippen LogP) is 4.76. The summed E-state index contributed by atoms with van der Waals surface area (Å²) in [4.78, 5) is 24.3. The monoisotopic (exact) mass is 396 g/mol. The van der Waals surface area contributed by atoms with Crippen molar-refractivity contribution in [2.24, 2.45) is 5.92 Å². The van der Waals surface area contributed by atoms with E-state index in [2.05, 4.69) is 36.5 Å². The van der Waals surface area contributed by atoms with Gasteiger partial charge >= 0.3 is 0 Å². The van der Waals surface area contributed by atoms with E-state index in [1.165, 1.54) is 0 Å². The average molecular weight is 396 g/mol. The zero-order valence-corrected chi connectivity index (χ0v) is 16.6. The molecule has 0 radical (unpaired) electrons. The quantitative estimate of drug-likeness (QED) is 0.408. The van der Waals surface area contributed by atoms with Crippen LogP contribution in [0.1, 0.15) is 13.8 Å². The number of carbonyl (C=O) groups is 1. The van der Waals surface area contributed by atoms with Gasteiger partial charge in [-0.3, -0.25) is 14.9 Å². The highest BCUT2D eigenvalue weighted by Gasteiger charge is 2.14.